The summed E-state index contributed by atoms with van der Waals surface area (Å²) in [6.45, 7) is 10.6. The van der Waals surface area contributed by atoms with Gasteiger partial charge in [-0.15, -0.1) is 0 Å². The number of amides is 1. The number of nitrogens with zero attached hydrogens (tertiary/aromatic N) is 1. The molecule has 1 saturated heterocycles. The van der Waals surface area contributed by atoms with Crippen molar-refractivity contribution in [1.29, 1.82) is 0 Å². The second-order valence-corrected chi connectivity index (χ2v) is 8.38. The molecule has 2 rings (SSSR count). The number of nitrogens with two attached hydrogens (primary N) is 1. The Kier molecular flexibility index (Phi) is 4.04. The fourth-order valence-electron chi connectivity index (χ4n) is 3.88. The third-order valence-corrected chi connectivity index (χ3v) is 4.70. The van der Waals surface area contributed by atoms with Crippen LogP contribution in [0, 0.1) is 11.8 Å². The molecule has 1 amide bonds. The summed E-state index contributed by atoms with van der Waals surface area (Å²) >= 11 is 0. The number of hydrogen-bond acceptors (Lipinski definition) is 4. The molecular weight excluding hydrogens is 268 g/mol. The number of likely N-dealkylation sites (tertiary alicyclic amines) is 1. The van der Waals surface area contributed by atoms with Crippen LogP contribution < -0.4 is 5.73 Å². The predicted molar refractivity (Wildman–Crippen MR) is 81.9 cm³/mol. The number of carbonyl (C=O) groups excluding carboxylic acids is 1. The number of aliphatic hydroxyl groups is 1. The molecule has 1 aliphatic carbocycles. The first kappa shape index (κ1) is 16.6. The zero-order valence-electron chi connectivity index (χ0n) is 14.0. The molecule has 3 N–H and O–H groups in total. The molecule has 0 spiro atoms. The number of rotatable bonds is 1. The van der Waals surface area contributed by atoms with Gasteiger partial charge < -0.3 is 20.5 Å². The number of ether oxygens (including phenoxy) is 1. The van der Waals surface area contributed by atoms with Crippen LogP contribution in [0.3, 0.4) is 0 Å². The summed E-state index contributed by atoms with van der Waals surface area (Å²) in [6, 6.07) is 0. The minimum atomic E-state index is -0.872. The Labute approximate surface area is 127 Å². The Bertz CT molecular complexity index is 400. The summed E-state index contributed by atoms with van der Waals surface area (Å²) in [5.74, 6) is 0.935. The lowest BCUT2D eigenvalue weighted by Gasteiger charge is -2.58. The Balaban J connectivity index is 1.99. The van der Waals surface area contributed by atoms with Gasteiger partial charge in [-0.2, -0.15) is 0 Å². The van der Waals surface area contributed by atoms with Gasteiger partial charge in [-0.1, -0.05) is 13.8 Å². The Morgan fingerprint density at radius 3 is 2.14 bits per heavy atom. The first-order valence-corrected chi connectivity index (χ1v) is 7.93. The van der Waals surface area contributed by atoms with E-state index in [1.165, 1.54) is 0 Å². The molecule has 1 aliphatic heterocycles. The van der Waals surface area contributed by atoms with E-state index in [4.69, 9.17) is 10.5 Å². The molecule has 2 aliphatic rings. The largest absolute Gasteiger partial charge is 0.444 e. The predicted octanol–water partition coefficient (Wildman–Crippen LogP) is 2.12. The average molecular weight is 298 g/mol. The molecule has 0 radical (unpaired) electrons. The molecule has 2 atom stereocenters. The highest BCUT2D eigenvalue weighted by molar-refractivity contribution is 5.70. The van der Waals surface area contributed by atoms with Crippen molar-refractivity contribution in [3.8, 4) is 0 Å². The summed E-state index contributed by atoms with van der Waals surface area (Å²) in [7, 11) is 0. The van der Waals surface area contributed by atoms with Crippen molar-refractivity contribution in [3.05, 3.63) is 0 Å². The molecule has 1 heterocycles. The molecule has 0 bridgehead atoms. The van der Waals surface area contributed by atoms with Gasteiger partial charge in [0.1, 0.15) is 5.60 Å². The molecule has 0 aromatic carbocycles. The molecule has 2 fully saturated rings. The van der Waals surface area contributed by atoms with Crippen LogP contribution in [0.2, 0.25) is 0 Å². The van der Waals surface area contributed by atoms with E-state index in [1.54, 1.807) is 4.90 Å². The Hall–Kier alpha value is -0.810. The van der Waals surface area contributed by atoms with Gasteiger partial charge in [0.25, 0.3) is 0 Å². The second-order valence-electron chi connectivity index (χ2n) is 8.38. The van der Waals surface area contributed by atoms with E-state index < -0.39 is 16.7 Å². The van der Waals surface area contributed by atoms with Crippen LogP contribution in [-0.2, 0) is 4.74 Å². The Morgan fingerprint density at radius 1 is 1.24 bits per heavy atom. The fraction of sp³-hybridized carbons (Fsp3) is 0.938. The minimum absolute atomic E-state index is 0.343. The van der Waals surface area contributed by atoms with Crippen LogP contribution in [0.5, 0.6) is 0 Å². The number of carbonyl (C=O) groups is 1. The van der Waals surface area contributed by atoms with Gasteiger partial charge in [-0.25, -0.2) is 4.79 Å². The summed E-state index contributed by atoms with van der Waals surface area (Å²) in [5, 5.41) is 11.0. The molecule has 0 aromatic heterocycles. The molecule has 5 nitrogen and oxygen atoms in total. The minimum Gasteiger partial charge on any atom is -0.444 e. The van der Waals surface area contributed by atoms with Crippen molar-refractivity contribution >= 4 is 6.09 Å². The average Bonchev–Trinajstić information content (AvgIpc) is 2.19. The quantitative estimate of drug-likeness (QED) is 0.777. The molecule has 0 aromatic rings. The van der Waals surface area contributed by atoms with E-state index in [1.807, 2.05) is 20.8 Å². The molecule has 5 heteroatoms. The SMILES string of the molecule is CC1CC(C)CC(O)(C2(N)CN(C(=O)OC(C)(C)C)C2)C1. The van der Waals surface area contributed by atoms with Crippen molar-refractivity contribution in [2.45, 2.75) is 70.6 Å². The Morgan fingerprint density at radius 2 is 1.71 bits per heavy atom. The van der Waals surface area contributed by atoms with E-state index in [0.717, 1.165) is 19.3 Å². The first-order valence-electron chi connectivity index (χ1n) is 7.93. The highest BCUT2D eigenvalue weighted by atomic mass is 16.6. The summed E-state index contributed by atoms with van der Waals surface area (Å²) < 4.78 is 5.35. The van der Waals surface area contributed by atoms with Gasteiger partial charge in [0.05, 0.1) is 11.1 Å². The van der Waals surface area contributed by atoms with Crippen molar-refractivity contribution < 1.29 is 14.6 Å². The molecule has 2 unspecified atom stereocenters. The fourth-order valence-corrected chi connectivity index (χ4v) is 3.88. The lowest BCUT2D eigenvalue weighted by molar-refractivity contribution is -0.138. The number of hydrogen-bond donors (Lipinski definition) is 2. The summed E-state index contributed by atoms with van der Waals surface area (Å²) in [5.41, 5.74) is 4.35. The monoisotopic (exact) mass is 298 g/mol. The first-order chi connectivity index (χ1) is 9.44. The van der Waals surface area contributed by atoms with Crippen LogP contribution >= 0.6 is 0 Å². The molecule has 1 saturated carbocycles. The standard InChI is InChI=1S/C16H30N2O3/c1-11-6-12(2)8-16(20,7-11)15(17)9-18(10-15)13(19)21-14(3,4)5/h11-12,20H,6-10,17H2,1-5H3. The van der Waals surface area contributed by atoms with Crippen LogP contribution in [0.4, 0.5) is 4.79 Å². The van der Waals surface area contributed by atoms with E-state index in [2.05, 4.69) is 13.8 Å². The van der Waals surface area contributed by atoms with Gasteiger partial charge in [-0.05, 0) is 51.9 Å². The maximum Gasteiger partial charge on any atom is 0.410 e. The zero-order valence-corrected chi connectivity index (χ0v) is 14.0. The van der Waals surface area contributed by atoms with Crippen LogP contribution in [-0.4, -0.2) is 45.9 Å². The van der Waals surface area contributed by atoms with Crippen LogP contribution in [0.15, 0.2) is 0 Å². The highest BCUT2D eigenvalue weighted by Crippen LogP contribution is 2.44. The van der Waals surface area contributed by atoms with Gasteiger partial charge in [0.2, 0.25) is 0 Å². The van der Waals surface area contributed by atoms with E-state index >= 15 is 0 Å². The molecular formula is C16H30N2O3. The highest BCUT2D eigenvalue weighted by Gasteiger charge is 2.58. The lowest BCUT2D eigenvalue weighted by atomic mass is 9.62. The topological polar surface area (TPSA) is 75.8 Å². The van der Waals surface area contributed by atoms with Gasteiger partial charge in [0.15, 0.2) is 0 Å². The van der Waals surface area contributed by atoms with Crippen molar-refractivity contribution in [2.75, 3.05) is 13.1 Å². The summed E-state index contributed by atoms with van der Waals surface area (Å²) in [6.07, 6.45) is 2.23. The van der Waals surface area contributed by atoms with E-state index in [9.17, 15) is 9.90 Å². The third-order valence-electron chi connectivity index (χ3n) is 4.70. The second kappa shape index (κ2) is 5.13. The zero-order chi connectivity index (χ0) is 16.1. The third kappa shape index (κ3) is 3.34. The van der Waals surface area contributed by atoms with E-state index in [0.29, 0.717) is 24.9 Å². The smallest absolute Gasteiger partial charge is 0.410 e. The van der Waals surface area contributed by atoms with E-state index in [-0.39, 0.29) is 6.09 Å². The van der Waals surface area contributed by atoms with Gasteiger partial charge >= 0.3 is 6.09 Å². The maximum atomic E-state index is 12.0. The van der Waals surface area contributed by atoms with Gasteiger partial charge in [0, 0.05) is 13.1 Å². The van der Waals surface area contributed by atoms with Gasteiger partial charge in [-0.3, -0.25) is 0 Å². The molecule has 21 heavy (non-hydrogen) atoms. The molecule has 122 valence electrons. The maximum absolute atomic E-state index is 12.0. The van der Waals surface area contributed by atoms with Crippen LogP contribution in [0.1, 0.15) is 53.9 Å². The van der Waals surface area contributed by atoms with Crippen molar-refractivity contribution in [3.63, 3.8) is 0 Å². The normalized spacial score (nSPS) is 36.0. The summed E-state index contributed by atoms with van der Waals surface area (Å²) in [4.78, 5) is 13.6. The van der Waals surface area contributed by atoms with Crippen molar-refractivity contribution in [2.24, 2.45) is 17.6 Å². The van der Waals surface area contributed by atoms with Crippen molar-refractivity contribution in [1.82, 2.24) is 4.90 Å². The lowest BCUT2D eigenvalue weighted by Crippen LogP contribution is -2.79. The van der Waals surface area contributed by atoms with Crippen LogP contribution in [0.25, 0.3) is 0 Å².